The van der Waals surface area contributed by atoms with Gasteiger partial charge in [0.1, 0.15) is 0 Å². The number of aromatic nitrogens is 1. The molecule has 0 aliphatic carbocycles. The zero-order valence-electron chi connectivity index (χ0n) is 13.1. The van der Waals surface area contributed by atoms with Gasteiger partial charge in [-0.25, -0.2) is 8.42 Å². The Morgan fingerprint density at radius 2 is 2.13 bits per heavy atom. The van der Waals surface area contributed by atoms with E-state index in [1.807, 2.05) is 32.0 Å². The van der Waals surface area contributed by atoms with Gasteiger partial charge in [-0.2, -0.15) is 0 Å². The summed E-state index contributed by atoms with van der Waals surface area (Å²) in [7, 11) is -3.14. The third kappa shape index (κ3) is 3.29. The van der Waals surface area contributed by atoms with Crippen LogP contribution in [0.25, 0.3) is 10.9 Å². The van der Waals surface area contributed by atoms with Crippen LogP contribution < -0.4 is 5.32 Å². The highest BCUT2D eigenvalue weighted by Gasteiger charge is 2.40. The van der Waals surface area contributed by atoms with Crippen molar-refractivity contribution in [2.45, 2.75) is 25.9 Å². The van der Waals surface area contributed by atoms with E-state index in [9.17, 15) is 13.5 Å². The molecule has 0 radical (unpaired) electrons. The fourth-order valence-electron chi connectivity index (χ4n) is 2.93. The molecular weight excluding hydrogens is 336 g/mol. The minimum absolute atomic E-state index is 0.0341. The van der Waals surface area contributed by atoms with Gasteiger partial charge in [-0.1, -0.05) is 23.7 Å². The summed E-state index contributed by atoms with van der Waals surface area (Å²) in [6.45, 7) is 3.97. The Labute approximate surface area is 140 Å². The fourth-order valence-corrected chi connectivity index (χ4v) is 5.04. The van der Waals surface area contributed by atoms with E-state index < -0.39 is 15.4 Å². The monoisotopic (exact) mass is 354 g/mol. The lowest BCUT2D eigenvalue weighted by molar-refractivity contribution is 0.0816. The van der Waals surface area contributed by atoms with E-state index in [1.165, 1.54) is 0 Å². The summed E-state index contributed by atoms with van der Waals surface area (Å²) in [5.74, 6) is -0.165. The van der Waals surface area contributed by atoms with Crippen molar-refractivity contribution in [3.8, 4) is 0 Å². The number of nitrogens with zero attached hydrogens (tertiary/aromatic N) is 1. The zero-order valence-corrected chi connectivity index (χ0v) is 14.6. The topological polar surface area (TPSA) is 79.3 Å². The van der Waals surface area contributed by atoms with E-state index in [2.05, 4.69) is 10.3 Å². The molecule has 1 aliphatic heterocycles. The molecule has 1 aromatic carbocycles. The summed E-state index contributed by atoms with van der Waals surface area (Å²) in [6, 6.07) is 5.73. The van der Waals surface area contributed by atoms with Crippen LogP contribution in [-0.4, -0.2) is 42.2 Å². The van der Waals surface area contributed by atoms with E-state index in [0.717, 1.165) is 22.3 Å². The van der Waals surface area contributed by atoms with Gasteiger partial charge in [0, 0.05) is 23.3 Å². The molecule has 2 N–H and O–H groups in total. The van der Waals surface area contributed by atoms with E-state index in [4.69, 9.17) is 11.6 Å². The Morgan fingerprint density at radius 1 is 1.39 bits per heavy atom. The number of rotatable bonds is 3. The molecule has 5 nitrogen and oxygen atoms in total. The average Bonchev–Trinajstić information content (AvgIpc) is 2.75. The van der Waals surface area contributed by atoms with Crippen molar-refractivity contribution in [1.29, 1.82) is 0 Å². The summed E-state index contributed by atoms with van der Waals surface area (Å²) in [4.78, 5) is 4.49. The number of pyridine rings is 1. The standard InChI is InChI=1S/C16H19ClN2O3S/c1-10-3-4-12-13(7-11(2)19-15(12)14(10)17)18-8-16(20)5-6-23(21,22)9-16/h3-4,7,20H,5-6,8-9H2,1-2H3,(H,18,19). The molecule has 1 aliphatic rings. The molecule has 7 heteroatoms. The van der Waals surface area contributed by atoms with Crippen molar-refractivity contribution in [2.24, 2.45) is 0 Å². The van der Waals surface area contributed by atoms with Gasteiger partial charge in [0.05, 0.1) is 27.6 Å². The number of nitrogens with one attached hydrogen (secondary N) is 1. The maximum Gasteiger partial charge on any atom is 0.153 e. The molecule has 1 atom stereocenters. The highest BCUT2D eigenvalue weighted by atomic mass is 35.5. The van der Waals surface area contributed by atoms with Gasteiger partial charge in [-0.3, -0.25) is 4.98 Å². The van der Waals surface area contributed by atoms with Gasteiger partial charge >= 0.3 is 0 Å². The lowest BCUT2D eigenvalue weighted by Gasteiger charge is -2.22. The Bertz CT molecular complexity index is 883. The van der Waals surface area contributed by atoms with Crippen LogP contribution in [-0.2, 0) is 9.84 Å². The summed E-state index contributed by atoms with van der Waals surface area (Å²) < 4.78 is 23.2. The Hall–Kier alpha value is -1.37. The van der Waals surface area contributed by atoms with Crippen LogP contribution in [0.3, 0.4) is 0 Å². The number of halogens is 1. The van der Waals surface area contributed by atoms with Crippen LogP contribution in [0.15, 0.2) is 18.2 Å². The average molecular weight is 355 g/mol. The molecule has 2 heterocycles. The number of sulfone groups is 1. The number of anilines is 1. The summed E-state index contributed by atoms with van der Waals surface area (Å²) >= 11 is 6.34. The summed E-state index contributed by atoms with van der Waals surface area (Å²) in [6.07, 6.45) is 0.254. The van der Waals surface area contributed by atoms with Crippen LogP contribution in [0, 0.1) is 13.8 Å². The largest absolute Gasteiger partial charge is 0.387 e. The molecule has 0 amide bonds. The molecule has 3 rings (SSSR count). The number of aliphatic hydroxyl groups is 1. The predicted octanol–water partition coefficient (Wildman–Crippen LogP) is 2.47. The Kier molecular flexibility index (Phi) is 4.02. The molecule has 2 aromatic rings. The minimum Gasteiger partial charge on any atom is -0.387 e. The predicted molar refractivity (Wildman–Crippen MR) is 92.9 cm³/mol. The number of hydrogen-bond donors (Lipinski definition) is 2. The third-order valence-corrected chi connectivity index (χ3v) is 6.50. The lowest BCUT2D eigenvalue weighted by Crippen LogP contribution is -2.38. The van der Waals surface area contributed by atoms with E-state index >= 15 is 0 Å². The van der Waals surface area contributed by atoms with E-state index in [0.29, 0.717) is 10.5 Å². The first-order chi connectivity index (χ1) is 10.7. The van der Waals surface area contributed by atoms with Crippen molar-refractivity contribution in [3.63, 3.8) is 0 Å². The lowest BCUT2D eigenvalue weighted by atomic mass is 10.0. The summed E-state index contributed by atoms with van der Waals surface area (Å²) in [5, 5.41) is 15.1. The van der Waals surface area contributed by atoms with Crippen molar-refractivity contribution in [3.05, 3.63) is 34.5 Å². The molecule has 1 saturated heterocycles. The normalized spacial score (nSPS) is 23.3. The summed E-state index contributed by atoms with van der Waals surface area (Å²) in [5.41, 5.74) is 2.03. The molecule has 0 spiro atoms. The molecular formula is C16H19ClN2O3S. The molecule has 0 saturated carbocycles. The van der Waals surface area contributed by atoms with Crippen LogP contribution in [0.5, 0.6) is 0 Å². The molecule has 1 fully saturated rings. The number of hydrogen-bond acceptors (Lipinski definition) is 5. The number of benzene rings is 1. The van der Waals surface area contributed by atoms with Crippen LogP contribution in [0.2, 0.25) is 5.02 Å². The first kappa shape index (κ1) is 16.5. The quantitative estimate of drug-likeness (QED) is 0.885. The Balaban J connectivity index is 1.93. The molecule has 23 heavy (non-hydrogen) atoms. The van der Waals surface area contributed by atoms with Crippen LogP contribution in [0.1, 0.15) is 17.7 Å². The van der Waals surface area contributed by atoms with Gasteiger partial charge in [0.2, 0.25) is 0 Å². The second-order valence-corrected chi connectivity index (χ2v) is 8.89. The van der Waals surface area contributed by atoms with Crippen LogP contribution >= 0.6 is 11.6 Å². The molecule has 1 unspecified atom stereocenters. The Morgan fingerprint density at radius 3 is 2.78 bits per heavy atom. The maximum atomic E-state index is 11.6. The van der Waals surface area contributed by atoms with Crippen LogP contribution in [0.4, 0.5) is 5.69 Å². The van der Waals surface area contributed by atoms with Crippen molar-refractivity contribution < 1.29 is 13.5 Å². The van der Waals surface area contributed by atoms with Gasteiger partial charge in [0.25, 0.3) is 0 Å². The zero-order chi connectivity index (χ0) is 16.8. The molecule has 0 bridgehead atoms. The smallest absolute Gasteiger partial charge is 0.153 e. The first-order valence-electron chi connectivity index (χ1n) is 7.42. The van der Waals surface area contributed by atoms with Crippen molar-refractivity contribution in [1.82, 2.24) is 4.98 Å². The molecule has 124 valence electrons. The van der Waals surface area contributed by atoms with Gasteiger partial charge in [0.15, 0.2) is 9.84 Å². The van der Waals surface area contributed by atoms with Crippen molar-refractivity contribution in [2.75, 3.05) is 23.4 Å². The third-order valence-electron chi connectivity index (χ3n) is 4.22. The van der Waals surface area contributed by atoms with E-state index in [1.54, 1.807) is 0 Å². The highest BCUT2D eigenvalue weighted by molar-refractivity contribution is 7.91. The van der Waals surface area contributed by atoms with E-state index in [-0.39, 0.29) is 24.5 Å². The SMILES string of the molecule is Cc1cc(NCC2(O)CCS(=O)(=O)C2)c2ccc(C)c(Cl)c2n1. The number of fused-ring (bicyclic) bond motifs is 1. The molecule has 1 aromatic heterocycles. The van der Waals surface area contributed by atoms with Gasteiger partial charge < -0.3 is 10.4 Å². The fraction of sp³-hybridized carbons (Fsp3) is 0.438. The first-order valence-corrected chi connectivity index (χ1v) is 9.62. The van der Waals surface area contributed by atoms with Gasteiger partial charge in [-0.05, 0) is 31.9 Å². The van der Waals surface area contributed by atoms with Gasteiger partial charge in [-0.15, -0.1) is 0 Å². The van der Waals surface area contributed by atoms with Crippen molar-refractivity contribution >= 4 is 38.0 Å². The maximum absolute atomic E-state index is 11.6. The second kappa shape index (κ2) is 5.61. The minimum atomic E-state index is -3.14. The second-order valence-electron chi connectivity index (χ2n) is 6.32. The highest BCUT2D eigenvalue weighted by Crippen LogP contribution is 2.32. The number of aryl methyl sites for hydroxylation is 2.